The number of benzene rings is 1. The number of methoxy groups -OCH3 is 1. The van der Waals surface area contributed by atoms with Crippen molar-refractivity contribution in [2.75, 3.05) is 44.8 Å². The van der Waals surface area contributed by atoms with Crippen LogP contribution in [0.5, 0.6) is 0 Å². The second kappa shape index (κ2) is 8.36. The van der Waals surface area contributed by atoms with Crippen LogP contribution in [-0.2, 0) is 9.53 Å². The molecule has 1 unspecified atom stereocenters. The van der Waals surface area contributed by atoms with Gasteiger partial charge in [0.1, 0.15) is 0 Å². The zero-order chi connectivity index (χ0) is 15.1. The standard InChI is InChI=1S/C15H22BrN3O2/c1-21-9-7-17-10-15(20)18-12-6-8-19(11-12)14-5-3-2-4-13(14)16/h2-5,12,17H,6-11H2,1H3,(H,18,20). The normalized spacial score (nSPS) is 18.0. The smallest absolute Gasteiger partial charge is 0.234 e. The molecule has 1 heterocycles. The first kappa shape index (κ1) is 16.3. The maximum Gasteiger partial charge on any atom is 0.234 e. The van der Waals surface area contributed by atoms with Gasteiger partial charge >= 0.3 is 0 Å². The third kappa shape index (κ3) is 4.98. The van der Waals surface area contributed by atoms with Gasteiger partial charge in [0, 0.05) is 37.3 Å². The number of carbonyl (C=O) groups excluding carboxylic acids is 1. The first-order valence-corrected chi connectivity index (χ1v) is 7.98. The van der Waals surface area contributed by atoms with E-state index in [1.165, 1.54) is 5.69 Å². The highest BCUT2D eigenvalue weighted by atomic mass is 79.9. The highest BCUT2D eigenvalue weighted by Gasteiger charge is 2.24. The largest absolute Gasteiger partial charge is 0.383 e. The molecule has 1 fully saturated rings. The van der Waals surface area contributed by atoms with E-state index < -0.39 is 0 Å². The van der Waals surface area contributed by atoms with E-state index in [1.54, 1.807) is 7.11 Å². The average molecular weight is 356 g/mol. The molecule has 1 aromatic rings. The molecule has 5 nitrogen and oxygen atoms in total. The molecule has 21 heavy (non-hydrogen) atoms. The molecule has 2 N–H and O–H groups in total. The molecule has 0 saturated carbocycles. The van der Waals surface area contributed by atoms with Crippen molar-refractivity contribution in [3.63, 3.8) is 0 Å². The van der Waals surface area contributed by atoms with Crippen LogP contribution in [0.4, 0.5) is 5.69 Å². The second-order valence-corrected chi connectivity index (χ2v) is 5.97. The molecular weight excluding hydrogens is 334 g/mol. The van der Waals surface area contributed by atoms with E-state index in [0.29, 0.717) is 19.7 Å². The fraction of sp³-hybridized carbons (Fsp3) is 0.533. The van der Waals surface area contributed by atoms with Gasteiger partial charge in [-0.2, -0.15) is 0 Å². The van der Waals surface area contributed by atoms with Crippen molar-refractivity contribution >= 4 is 27.5 Å². The Morgan fingerprint density at radius 3 is 3.05 bits per heavy atom. The molecule has 116 valence electrons. The summed E-state index contributed by atoms with van der Waals surface area (Å²) in [6, 6.07) is 8.40. The highest BCUT2D eigenvalue weighted by Crippen LogP contribution is 2.28. The SMILES string of the molecule is COCCNCC(=O)NC1CCN(c2ccccc2Br)C1. The number of para-hydroxylation sites is 1. The summed E-state index contributed by atoms with van der Waals surface area (Å²) in [7, 11) is 1.65. The maximum absolute atomic E-state index is 11.8. The summed E-state index contributed by atoms with van der Waals surface area (Å²) in [5, 5.41) is 6.13. The number of carbonyl (C=O) groups is 1. The number of halogens is 1. The third-order valence-corrected chi connectivity index (χ3v) is 4.19. The van der Waals surface area contributed by atoms with Gasteiger partial charge in [0.15, 0.2) is 0 Å². The number of hydrogen-bond acceptors (Lipinski definition) is 4. The Bertz CT molecular complexity index is 470. The number of rotatable bonds is 7. The van der Waals surface area contributed by atoms with Gasteiger partial charge in [-0.25, -0.2) is 0 Å². The van der Waals surface area contributed by atoms with Crippen molar-refractivity contribution < 1.29 is 9.53 Å². The highest BCUT2D eigenvalue weighted by molar-refractivity contribution is 9.10. The van der Waals surface area contributed by atoms with Crippen LogP contribution < -0.4 is 15.5 Å². The number of amides is 1. The van der Waals surface area contributed by atoms with Crippen molar-refractivity contribution in [3.05, 3.63) is 28.7 Å². The van der Waals surface area contributed by atoms with E-state index in [9.17, 15) is 4.79 Å². The van der Waals surface area contributed by atoms with Gasteiger partial charge in [-0.1, -0.05) is 12.1 Å². The van der Waals surface area contributed by atoms with E-state index in [0.717, 1.165) is 24.0 Å². The quantitative estimate of drug-likeness (QED) is 0.725. The lowest BCUT2D eigenvalue weighted by Gasteiger charge is -2.20. The first-order chi connectivity index (χ1) is 10.2. The lowest BCUT2D eigenvalue weighted by Crippen LogP contribution is -2.42. The number of anilines is 1. The van der Waals surface area contributed by atoms with Crippen molar-refractivity contribution in [1.29, 1.82) is 0 Å². The molecule has 2 rings (SSSR count). The van der Waals surface area contributed by atoms with Gasteiger partial charge in [0.25, 0.3) is 0 Å². The Hall–Kier alpha value is -1.11. The molecule has 1 saturated heterocycles. The second-order valence-electron chi connectivity index (χ2n) is 5.12. The molecule has 0 aromatic heterocycles. The summed E-state index contributed by atoms with van der Waals surface area (Å²) in [6.45, 7) is 3.47. The number of hydrogen-bond donors (Lipinski definition) is 2. The minimum absolute atomic E-state index is 0.0464. The summed E-state index contributed by atoms with van der Waals surface area (Å²) in [5.74, 6) is 0.0464. The molecule has 0 spiro atoms. The Kier molecular flexibility index (Phi) is 6.48. The van der Waals surface area contributed by atoms with E-state index in [2.05, 4.69) is 37.5 Å². The van der Waals surface area contributed by atoms with Crippen LogP contribution in [-0.4, -0.2) is 51.8 Å². The van der Waals surface area contributed by atoms with Crippen molar-refractivity contribution in [3.8, 4) is 0 Å². The summed E-state index contributed by atoms with van der Waals surface area (Å²) in [4.78, 5) is 14.1. The Morgan fingerprint density at radius 1 is 1.48 bits per heavy atom. The van der Waals surface area contributed by atoms with E-state index >= 15 is 0 Å². The molecule has 0 aliphatic carbocycles. The Balaban J connectivity index is 1.75. The molecule has 0 radical (unpaired) electrons. The van der Waals surface area contributed by atoms with Crippen LogP contribution in [0.3, 0.4) is 0 Å². The van der Waals surface area contributed by atoms with Gasteiger partial charge in [0.2, 0.25) is 5.91 Å². The van der Waals surface area contributed by atoms with Gasteiger partial charge in [0.05, 0.1) is 18.8 Å². The van der Waals surface area contributed by atoms with Gasteiger partial charge < -0.3 is 20.3 Å². The van der Waals surface area contributed by atoms with Gasteiger partial charge in [-0.15, -0.1) is 0 Å². The van der Waals surface area contributed by atoms with Crippen molar-refractivity contribution in [2.24, 2.45) is 0 Å². The number of nitrogens with zero attached hydrogens (tertiary/aromatic N) is 1. The fourth-order valence-electron chi connectivity index (χ4n) is 2.46. The predicted molar refractivity (Wildman–Crippen MR) is 87.6 cm³/mol. The molecule has 1 aromatic carbocycles. The lowest BCUT2D eigenvalue weighted by molar-refractivity contribution is -0.120. The van der Waals surface area contributed by atoms with E-state index in [1.807, 2.05) is 18.2 Å². The van der Waals surface area contributed by atoms with Crippen molar-refractivity contribution in [2.45, 2.75) is 12.5 Å². The molecule has 6 heteroatoms. The van der Waals surface area contributed by atoms with E-state index in [4.69, 9.17) is 4.74 Å². The Morgan fingerprint density at radius 2 is 2.29 bits per heavy atom. The predicted octanol–water partition coefficient (Wildman–Crippen LogP) is 1.38. The van der Waals surface area contributed by atoms with Gasteiger partial charge in [-0.05, 0) is 34.5 Å². The summed E-state index contributed by atoms with van der Waals surface area (Å²) < 4.78 is 6.02. The molecule has 1 aliphatic heterocycles. The number of ether oxygens (including phenoxy) is 1. The summed E-state index contributed by atoms with van der Waals surface area (Å²) in [5.41, 5.74) is 1.19. The molecule has 1 amide bonds. The van der Waals surface area contributed by atoms with Crippen LogP contribution in [0, 0.1) is 0 Å². The van der Waals surface area contributed by atoms with Crippen LogP contribution >= 0.6 is 15.9 Å². The molecule has 1 atom stereocenters. The van der Waals surface area contributed by atoms with Gasteiger partial charge in [-0.3, -0.25) is 4.79 Å². The maximum atomic E-state index is 11.8. The van der Waals surface area contributed by atoms with Crippen molar-refractivity contribution in [1.82, 2.24) is 10.6 Å². The number of nitrogens with one attached hydrogen (secondary N) is 2. The first-order valence-electron chi connectivity index (χ1n) is 7.19. The topological polar surface area (TPSA) is 53.6 Å². The van der Waals surface area contributed by atoms with Crippen LogP contribution in [0.15, 0.2) is 28.7 Å². The minimum atomic E-state index is 0.0464. The van der Waals surface area contributed by atoms with E-state index in [-0.39, 0.29) is 11.9 Å². The third-order valence-electron chi connectivity index (χ3n) is 3.52. The zero-order valence-electron chi connectivity index (χ0n) is 12.3. The van der Waals surface area contributed by atoms with Crippen LogP contribution in [0.1, 0.15) is 6.42 Å². The molecule has 1 aliphatic rings. The average Bonchev–Trinajstić information content (AvgIpc) is 2.92. The summed E-state index contributed by atoms with van der Waals surface area (Å²) >= 11 is 3.58. The monoisotopic (exact) mass is 355 g/mol. The Labute approximate surface area is 134 Å². The van der Waals surface area contributed by atoms with Crippen LogP contribution in [0.2, 0.25) is 0 Å². The lowest BCUT2D eigenvalue weighted by atomic mass is 10.2. The molecular formula is C15H22BrN3O2. The summed E-state index contributed by atoms with van der Waals surface area (Å²) in [6.07, 6.45) is 0.977. The van der Waals surface area contributed by atoms with Crippen LogP contribution in [0.25, 0.3) is 0 Å². The minimum Gasteiger partial charge on any atom is -0.383 e. The molecule has 0 bridgehead atoms. The zero-order valence-corrected chi connectivity index (χ0v) is 13.9. The fourth-order valence-corrected chi connectivity index (χ4v) is 3.00.